The summed E-state index contributed by atoms with van der Waals surface area (Å²) in [6.07, 6.45) is 5.06. The van der Waals surface area contributed by atoms with Crippen molar-refractivity contribution in [1.82, 2.24) is 10.6 Å². The minimum absolute atomic E-state index is 0.0782. The Kier molecular flexibility index (Phi) is 5.35. The molecule has 0 heterocycles. The first kappa shape index (κ1) is 15.2. The molecule has 0 aromatic heterocycles. The van der Waals surface area contributed by atoms with E-state index in [9.17, 15) is 4.39 Å². The molecule has 2 rings (SSSR count). The normalized spacial score (nSPS) is 23.9. The monoisotopic (exact) mass is 294 g/mol. The minimum atomic E-state index is -0.210. The van der Waals surface area contributed by atoms with Gasteiger partial charge in [-0.25, -0.2) is 4.39 Å². The summed E-state index contributed by atoms with van der Waals surface area (Å²) in [5.41, 5.74) is 1.03. The van der Waals surface area contributed by atoms with Crippen molar-refractivity contribution in [3.05, 3.63) is 35.6 Å². The van der Waals surface area contributed by atoms with Crippen molar-refractivity contribution in [2.75, 3.05) is 0 Å². The van der Waals surface area contributed by atoms with Crippen molar-refractivity contribution in [2.24, 2.45) is 5.92 Å². The Hall–Kier alpha value is -1.16. The molecule has 20 heavy (non-hydrogen) atoms. The lowest BCUT2D eigenvalue weighted by Crippen LogP contribution is -2.46. The van der Waals surface area contributed by atoms with Gasteiger partial charge < -0.3 is 10.6 Å². The van der Waals surface area contributed by atoms with E-state index in [1.165, 1.54) is 37.8 Å². The molecular formula is C16H23FN2S. The third-order valence-corrected chi connectivity index (χ3v) is 4.38. The summed E-state index contributed by atoms with van der Waals surface area (Å²) in [5.74, 6) is 0.460. The molecule has 0 amide bonds. The number of nitrogens with one attached hydrogen (secondary N) is 2. The molecule has 0 unspecified atom stereocenters. The smallest absolute Gasteiger partial charge is 0.166 e. The zero-order chi connectivity index (χ0) is 14.5. The van der Waals surface area contributed by atoms with E-state index < -0.39 is 0 Å². The highest BCUT2D eigenvalue weighted by Crippen LogP contribution is 2.23. The van der Waals surface area contributed by atoms with Gasteiger partial charge in [0.15, 0.2) is 5.11 Å². The van der Waals surface area contributed by atoms with Gasteiger partial charge in [0.2, 0.25) is 0 Å². The lowest BCUT2D eigenvalue weighted by atomic mass is 9.86. The summed E-state index contributed by atoms with van der Waals surface area (Å²) < 4.78 is 12.9. The van der Waals surface area contributed by atoms with E-state index in [-0.39, 0.29) is 11.9 Å². The van der Waals surface area contributed by atoms with Gasteiger partial charge in [0, 0.05) is 6.04 Å². The number of halogens is 1. The van der Waals surface area contributed by atoms with Crippen LogP contribution in [0.4, 0.5) is 4.39 Å². The maximum Gasteiger partial charge on any atom is 0.166 e. The molecule has 1 aromatic carbocycles. The molecule has 1 saturated carbocycles. The molecule has 3 atom stereocenters. The molecule has 0 aliphatic heterocycles. The molecule has 1 fully saturated rings. The Bertz CT molecular complexity index is 446. The van der Waals surface area contributed by atoms with Crippen LogP contribution in [0.1, 0.15) is 51.1 Å². The molecule has 2 nitrogen and oxygen atoms in total. The fourth-order valence-corrected chi connectivity index (χ4v) is 3.10. The Morgan fingerprint density at radius 3 is 2.55 bits per heavy atom. The first-order valence-corrected chi connectivity index (χ1v) is 7.79. The van der Waals surface area contributed by atoms with Crippen molar-refractivity contribution in [2.45, 2.75) is 51.6 Å². The predicted octanol–water partition coefficient (Wildman–Crippen LogP) is 3.93. The summed E-state index contributed by atoms with van der Waals surface area (Å²) in [6.45, 7) is 4.31. The first-order valence-electron chi connectivity index (χ1n) is 7.39. The van der Waals surface area contributed by atoms with Gasteiger partial charge in [0.1, 0.15) is 5.82 Å². The van der Waals surface area contributed by atoms with Crippen LogP contribution in [0.2, 0.25) is 0 Å². The minimum Gasteiger partial charge on any atom is -0.360 e. The Morgan fingerprint density at radius 2 is 1.90 bits per heavy atom. The van der Waals surface area contributed by atoms with Crippen LogP contribution in [0.15, 0.2) is 24.3 Å². The van der Waals surface area contributed by atoms with Crippen LogP contribution >= 0.6 is 12.2 Å². The summed E-state index contributed by atoms with van der Waals surface area (Å²) in [6, 6.07) is 7.09. The molecule has 110 valence electrons. The fourth-order valence-electron chi connectivity index (χ4n) is 2.77. The summed E-state index contributed by atoms with van der Waals surface area (Å²) in [5, 5.41) is 7.40. The predicted molar refractivity (Wildman–Crippen MR) is 85.1 cm³/mol. The van der Waals surface area contributed by atoms with Gasteiger partial charge in [-0.2, -0.15) is 0 Å². The quantitative estimate of drug-likeness (QED) is 0.826. The van der Waals surface area contributed by atoms with Crippen LogP contribution in [0.3, 0.4) is 0 Å². The number of thiocarbonyl (C=S) groups is 1. The number of rotatable bonds is 3. The maximum absolute atomic E-state index is 12.9. The molecule has 0 saturated heterocycles. The van der Waals surface area contributed by atoms with Gasteiger partial charge in [-0.1, -0.05) is 31.9 Å². The molecule has 4 heteroatoms. The highest BCUT2D eigenvalue weighted by molar-refractivity contribution is 7.80. The van der Waals surface area contributed by atoms with Gasteiger partial charge in [0.25, 0.3) is 0 Å². The SMILES string of the molecule is C[C@H](NC(=S)N[C@@H]1CCCC[C@@H]1C)c1ccc(F)cc1. The topological polar surface area (TPSA) is 24.1 Å². The van der Waals surface area contributed by atoms with Gasteiger partial charge in [-0.3, -0.25) is 0 Å². The van der Waals surface area contributed by atoms with Crippen LogP contribution < -0.4 is 10.6 Å². The molecular weight excluding hydrogens is 271 g/mol. The zero-order valence-corrected chi connectivity index (χ0v) is 13.0. The number of hydrogen-bond donors (Lipinski definition) is 2. The number of benzene rings is 1. The van der Waals surface area contributed by atoms with Crippen molar-refractivity contribution in [3.63, 3.8) is 0 Å². The van der Waals surface area contributed by atoms with Crippen LogP contribution in [-0.2, 0) is 0 Å². The van der Waals surface area contributed by atoms with E-state index in [0.29, 0.717) is 17.1 Å². The highest BCUT2D eigenvalue weighted by atomic mass is 32.1. The van der Waals surface area contributed by atoms with Gasteiger partial charge in [-0.05, 0) is 55.6 Å². The molecule has 0 radical (unpaired) electrons. The van der Waals surface area contributed by atoms with E-state index in [4.69, 9.17) is 12.2 Å². The molecule has 0 spiro atoms. The van der Waals surface area contributed by atoms with Gasteiger partial charge in [0.05, 0.1) is 6.04 Å². The van der Waals surface area contributed by atoms with E-state index in [0.717, 1.165) is 5.56 Å². The van der Waals surface area contributed by atoms with Crippen LogP contribution in [0.5, 0.6) is 0 Å². The second kappa shape index (κ2) is 7.02. The molecule has 1 aliphatic rings. The zero-order valence-electron chi connectivity index (χ0n) is 12.2. The molecule has 1 aliphatic carbocycles. The summed E-state index contributed by atoms with van der Waals surface area (Å²) >= 11 is 5.39. The van der Waals surface area contributed by atoms with E-state index in [1.807, 2.05) is 6.92 Å². The van der Waals surface area contributed by atoms with Crippen molar-refractivity contribution < 1.29 is 4.39 Å². The van der Waals surface area contributed by atoms with Crippen LogP contribution in [-0.4, -0.2) is 11.2 Å². The van der Waals surface area contributed by atoms with Crippen LogP contribution in [0, 0.1) is 11.7 Å². The summed E-state index contributed by atoms with van der Waals surface area (Å²) in [4.78, 5) is 0. The fraction of sp³-hybridized carbons (Fsp3) is 0.562. The highest BCUT2D eigenvalue weighted by Gasteiger charge is 2.22. The largest absolute Gasteiger partial charge is 0.360 e. The second-order valence-electron chi connectivity index (χ2n) is 5.76. The Labute approximate surface area is 126 Å². The van der Waals surface area contributed by atoms with E-state index in [1.54, 1.807) is 12.1 Å². The van der Waals surface area contributed by atoms with Gasteiger partial charge >= 0.3 is 0 Å². The first-order chi connectivity index (χ1) is 9.56. The third-order valence-electron chi connectivity index (χ3n) is 4.15. The van der Waals surface area contributed by atoms with Crippen molar-refractivity contribution >= 4 is 17.3 Å². The average Bonchev–Trinajstić information content (AvgIpc) is 2.42. The van der Waals surface area contributed by atoms with Gasteiger partial charge in [-0.15, -0.1) is 0 Å². The van der Waals surface area contributed by atoms with Crippen molar-refractivity contribution in [3.8, 4) is 0 Å². The van der Waals surface area contributed by atoms with Crippen molar-refractivity contribution in [1.29, 1.82) is 0 Å². The molecule has 2 N–H and O–H groups in total. The van der Waals surface area contributed by atoms with Crippen LogP contribution in [0.25, 0.3) is 0 Å². The molecule has 1 aromatic rings. The Morgan fingerprint density at radius 1 is 1.25 bits per heavy atom. The maximum atomic E-state index is 12.9. The second-order valence-corrected chi connectivity index (χ2v) is 6.17. The lowest BCUT2D eigenvalue weighted by Gasteiger charge is -2.31. The lowest BCUT2D eigenvalue weighted by molar-refractivity contribution is 0.307. The number of hydrogen-bond acceptors (Lipinski definition) is 1. The standard InChI is InChI=1S/C16H23FN2S/c1-11-5-3-4-6-15(11)19-16(20)18-12(2)13-7-9-14(17)10-8-13/h7-12,15H,3-6H2,1-2H3,(H2,18,19,20)/t11-,12-,15+/m0/s1. The third kappa shape index (κ3) is 4.17. The average molecular weight is 294 g/mol. The summed E-state index contributed by atoms with van der Waals surface area (Å²) in [7, 11) is 0. The van der Waals surface area contributed by atoms with E-state index in [2.05, 4.69) is 17.6 Å². The molecule has 0 bridgehead atoms. The Balaban J connectivity index is 1.85. The van der Waals surface area contributed by atoms with E-state index >= 15 is 0 Å².